The second-order valence-corrected chi connectivity index (χ2v) is 3.62. The Bertz CT molecular complexity index is 572. The molecule has 1 heterocycles. The van der Waals surface area contributed by atoms with Gasteiger partial charge < -0.3 is 10.7 Å². The maximum atomic E-state index is 11.2. The van der Waals surface area contributed by atoms with E-state index in [9.17, 15) is 4.79 Å². The van der Waals surface area contributed by atoms with Crippen molar-refractivity contribution in [2.75, 3.05) is 5.73 Å². The van der Waals surface area contributed by atoms with Crippen LogP contribution in [0, 0.1) is 6.92 Å². The Hall–Kier alpha value is -1.84. The zero-order valence-electron chi connectivity index (χ0n) is 8.79. The number of benzene rings is 1. The number of nitrogen functional groups attached to an aromatic ring is 1. The number of aromatic nitrogens is 2. The van der Waals surface area contributed by atoms with E-state index in [2.05, 4.69) is 23.0 Å². The quantitative estimate of drug-likeness (QED) is 0.735. The van der Waals surface area contributed by atoms with E-state index >= 15 is 0 Å². The summed E-state index contributed by atoms with van der Waals surface area (Å²) in [5.41, 5.74) is 8.32. The van der Waals surface area contributed by atoms with Gasteiger partial charge in [0.15, 0.2) is 0 Å². The van der Waals surface area contributed by atoms with Gasteiger partial charge >= 0.3 is 5.69 Å². The van der Waals surface area contributed by atoms with E-state index in [0.717, 1.165) is 22.9 Å². The van der Waals surface area contributed by atoms with Crippen LogP contribution in [-0.4, -0.2) is 9.97 Å². The molecule has 78 valence electrons. The normalized spacial score (nSPS) is 10.8. The average Bonchev–Trinajstić information content (AvgIpc) is 2.19. The number of rotatable bonds is 1. The van der Waals surface area contributed by atoms with Crippen molar-refractivity contribution in [3.8, 4) is 0 Å². The molecule has 0 amide bonds. The standard InChI is InChI=1S/C11H13N3O/c1-3-7-4-6(2)9-8(5-7)10(12)14-11(15)13-9/h4-5H,3H2,1-2H3,(H3,12,13,14,15). The van der Waals surface area contributed by atoms with E-state index in [1.54, 1.807) is 0 Å². The molecule has 0 unspecified atom stereocenters. The van der Waals surface area contributed by atoms with Gasteiger partial charge in [0.1, 0.15) is 5.82 Å². The monoisotopic (exact) mass is 203 g/mol. The molecular formula is C11H13N3O. The van der Waals surface area contributed by atoms with E-state index in [-0.39, 0.29) is 0 Å². The molecule has 0 fully saturated rings. The van der Waals surface area contributed by atoms with Gasteiger partial charge in [-0.25, -0.2) is 4.79 Å². The molecule has 15 heavy (non-hydrogen) atoms. The number of nitrogens with two attached hydrogens (primary N) is 1. The molecular weight excluding hydrogens is 190 g/mol. The Morgan fingerprint density at radius 1 is 1.47 bits per heavy atom. The Morgan fingerprint density at radius 2 is 2.20 bits per heavy atom. The molecule has 0 bridgehead atoms. The Labute approximate surface area is 87.1 Å². The number of hydrogen-bond acceptors (Lipinski definition) is 3. The van der Waals surface area contributed by atoms with E-state index in [1.807, 2.05) is 13.0 Å². The smallest absolute Gasteiger partial charge is 0.347 e. The van der Waals surface area contributed by atoms with Crippen LogP contribution in [0.1, 0.15) is 18.1 Å². The van der Waals surface area contributed by atoms with Crippen molar-refractivity contribution in [1.29, 1.82) is 0 Å². The fourth-order valence-corrected chi connectivity index (χ4v) is 1.74. The molecule has 4 heteroatoms. The minimum Gasteiger partial charge on any atom is -0.383 e. The lowest BCUT2D eigenvalue weighted by Crippen LogP contribution is -2.13. The summed E-state index contributed by atoms with van der Waals surface area (Å²) in [6, 6.07) is 4.03. The number of aryl methyl sites for hydroxylation is 2. The third-order valence-corrected chi connectivity index (χ3v) is 2.53. The predicted molar refractivity (Wildman–Crippen MR) is 60.9 cm³/mol. The minimum atomic E-state index is -0.396. The third kappa shape index (κ3) is 1.58. The molecule has 0 aliphatic heterocycles. The van der Waals surface area contributed by atoms with E-state index in [0.29, 0.717) is 5.82 Å². The van der Waals surface area contributed by atoms with E-state index in [1.165, 1.54) is 5.56 Å². The number of anilines is 1. The molecule has 0 aliphatic rings. The summed E-state index contributed by atoms with van der Waals surface area (Å²) in [5, 5.41) is 0.825. The largest absolute Gasteiger partial charge is 0.383 e. The van der Waals surface area contributed by atoms with Gasteiger partial charge in [-0.05, 0) is 30.5 Å². The number of nitrogens with zero attached hydrogens (tertiary/aromatic N) is 1. The highest BCUT2D eigenvalue weighted by atomic mass is 16.1. The van der Waals surface area contributed by atoms with Crippen LogP contribution < -0.4 is 11.4 Å². The lowest BCUT2D eigenvalue weighted by atomic mass is 10.0. The second kappa shape index (κ2) is 3.38. The summed E-state index contributed by atoms with van der Waals surface area (Å²) in [7, 11) is 0. The van der Waals surface area contributed by atoms with Gasteiger partial charge in [-0.15, -0.1) is 0 Å². The van der Waals surface area contributed by atoms with Gasteiger partial charge in [-0.2, -0.15) is 4.98 Å². The van der Waals surface area contributed by atoms with Crippen LogP contribution >= 0.6 is 0 Å². The van der Waals surface area contributed by atoms with Crippen LogP contribution in [0.3, 0.4) is 0 Å². The van der Waals surface area contributed by atoms with Crippen LogP contribution in [-0.2, 0) is 6.42 Å². The van der Waals surface area contributed by atoms with Crippen LogP contribution in [0.4, 0.5) is 5.82 Å². The van der Waals surface area contributed by atoms with Gasteiger partial charge in [-0.3, -0.25) is 0 Å². The van der Waals surface area contributed by atoms with Gasteiger partial charge in [0.05, 0.1) is 5.52 Å². The first-order valence-electron chi connectivity index (χ1n) is 4.91. The van der Waals surface area contributed by atoms with Crippen molar-refractivity contribution >= 4 is 16.7 Å². The summed E-state index contributed by atoms with van der Waals surface area (Å²) in [6.07, 6.45) is 0.940. The molecule has 0 atom stereocenters. The molecule has 0 aliphatic carbocycles. The van der Waals surface area contributed by atoms with Gasteiger partial charge in [0.2, 0.25) is 0 Å². The third-order valence-electron chi connectivity index (χ3n) is 2.53. The number of fused-ring (bicyclic) bond motifs is 1. The van der Waals surface area contributed by atoms with Crippen molar-refractivity contribution in [2.24, 2.45) is 0 Å². The lowest BCUT2D eigenvalue weighted by molar-refractivity contribution is 1.10. The molecule has 2 rings (SSSR count). The average molecular weight is 203 g/mol. The maximum Gasteiger partial charge on any atom is 0.347 e. The summed E-state index contributed by atoms with van der Waals surface area (Å²) in [4.78, 5) is 17.6. The van der Waals surface area contributed by atoms with Crippen molar-refractivity contribution < 1.29 is 0 Å². The number of aromatic amines is 1. The topological polar surface area (TPSA) is 71.8 Å². The van der Waals surface area contributed by atoms with E-state index < -0.39 is 5.69 Å². The maximum absolute atomic E-state index is 11.2. The van der Waals surface area contributed by atoms with Gasteiger partial charge in [-0.1, -0.05) is 13.0 Å². The first-order valence-corrected chi connectivity index (χ1v) is 4.91. The fraction of sp³-hybridized carbons (Fsp3) is 0.273. The molecule has 1 aromatic carbocycles. The zero-order chi connectivity index (χ0) is 11.0. The molecule has 1 aromatic heterocycles. The Kier molecular flexibility index (Phi) is 2.19. The van der Waals surface area contributed by atoms with Gasteiger partial charge in [0.25, 0.3) is 0 Å². The first-order chi connectivity index (χ1) is 7.11. The van der Waals surface area contributed by atoms with E-state index in [4.69, 9.17) is 5.73 Å². The van der Waals surface area contributed by atoms with Crippen molar-refractivity contribution in [2.45, 2.75) is 20.3 Å². The number of nitrogens with one attached hydrogen (secondary N) is 1. The summed E-state index contributed by atoms with van der Waals surface area (Å²) < 4.78 is 0. The van der Waals surface area contributed by atoms with Crippen LogP contribution in [0.2, 0.25) is 0 Å². The molecule has 0 saturated heterocycles. The molecule has 0 spiro atoms. The molecule has 0 radical (unpaired) electrons. The Balaban J connectivity index is 2.91. The molecule has 4 nitrogen and oxygen atoms in total. The molecule has 3 N–H and O–H groups in total. The number of hydrogen-bond donors (Lipinski definition) is 2. The van der Waals surface area contributed by atoms with Crippen LogP contribution in [0.5, 0.6) is 0 Å². The SMILES string of the molecule is CCc1cc(C)c2[nH]c(=O)nc(N)c2c1. The summed E-state index contributed by atoms with van der Waals surface area (Å²) in [5.74, 6) is 0.298. The minimum absolute atomic E-state index is 0.298. The van der Waals surface area contributed by atoms with Crippen molar-refractivity contribution in [3.05, 3.63) is 33.7 Å². The fourth-order valence-electron chi connectivity index (χ4n) is 1.74. The van der Waals surface area contributed by atoms with Crippen molar-refractivity contribution in [1.82, 2.24) is 9.97 Å². The zero-order valence-corrected chi connectivity index (χ0v) is 8.79. The number of H-pyrrole nitrogens is 1. The predicted octanol–water partition coefficient (Wildman–Crippen LogP) is 1.38. The van der Waals surface area contributed by atoms with Crippen molar-refractivity contribution in [3.63, 3.8) is 0 Å². The highest BCUT2D eigenvalue weighted by molar-refractivity contribution is 5.90. The van der Waals surface area contributed by atoms with Crippen LogP contribution in [0.25, 0.3) is 10.9 Å². The molecule has 0 saturated carbocycles. The summed E-state index contributed by atoms with van der Waals surface area (Å²) >= 11 is 0. The highest BCUT2D eigenvalue weighted by Gasteiger charge is 2.05. The lowest BCUT2D eigenvalue weighted by Gasteiger charge is -2.06. The summed E-state index contributed by atoms with van der Waals surface area (Å²) in [6.45, 7) is 4.03. The molecule has 2 aromatic rings. The van der Waals surface area contributed by atoms with Gasteiger partial charge in [0, 0.05) is 5.39 Å². The second-order valence-electron chi connectivity index (χ2n) is 3.62. The Morgan fingerprint density at radius 3 is 2.87 bits per heavy atom. The van der Waals surface area contributed by atoms with Crippen LogP contribution in [0.15, 0.2) is 16.9 Å². The highest BCUT2D eigenvalue weighted by Crippen LogP contribution is 2.21. The first kappa shape index (κ1) is 9.71.